The monoisotopic (exact) mass is 689 g/mol. The predicted molar refractivity (Wildman–Crippen MR) is 182 cm³/mol. The Kier molecular flexibility index (Phi) is 11.2. The van der Waals surface area contributed by atoms with Gasteiger partial charge in [-0.05, 0) is 77.0 Å². The van der Waals surface area contributed by atoms with Crippen LogP contribution in [0.1, 0.15) is 120 Å². The number of fused-ring (bicyclic) bond motifs is 1. The van der Waals surface area contributed by atoms with Crippen molar-refractivity contribution >= 4 is 35.5 Å². The molecule has 4 aliphatic rings. The Labute approximate surface area is 290 Å². The second-order valence-electron chi connectivity index (χ2n) is 17.8. The van der Waals surface area contributed by atoms with Gasteiger partial charge in [-0.15, -0.1) is 0 Å². The van der Waals surface area contributed by atoms with Gasteiger partial charge in [-0.1, -0.05) is 59.8 Å². The number of ether oxygens (including phenoxy) is 2. The molecule has 5 N–H and O–H groups in total. The minimum Gasteiger partial charge on any atom is -0.458 e. The number of nitrogens with two attached hydrogens (primary N) is 1. The smallest absolute Gasteiger partial charge is 0.329 e. The van der Waals surface area contributed by atoms with Crippen LogP contribution in [0.25, 0.3) is 0 Å². The Bertz CT molecular complexity index is 1310. The summed E-state index contributed by atoms with van der Waals surface area (Å²) >= 11 is 0. The van der Waals surface area contributed by atoms with Crippen molar-refractivity contribution in [2.75, 3.05) is 6.54 Å². The molecule has 6 atom stereocenters. The molecule has 4 rings (SSSR count). The SMILES string of the molecule is CC(C)(C)OC(=O)[C@@H](NC(=O)N[C@H](C(=O)N1C[C@@H]2OC(C)(C)C[C@@H]2C1C(=O)NC(CC1CC1)C(=O)C(N)=O)C1(C)CCCCC1)C(C)(C)C. The molecule has 5 amide bonds. The van der Waals surface area contributed by atoms with Crippen LogP contribution in [0, 0.1) is 22.7 Å². The van der Waals surface area contributed by atoms with E-state index < -0.39 is 87.8 Å². The van der Waals surface area contributed by atoms with Crippen LogP contribution in [0.2, 0.25) is 0 Å². The first-order chi connectivity index (χ1) is 22.5. The van der Waals surface area contributed by atoms with Gasteiger partial charge in [-0.3, -0.25) is 19.2 Å². The average molecular weight is 690 g/mol. The number of likely N-dealkylation sites (tertiary alicyclic amines) is 1. The number of carbonyl (C=O) groups excluding carboxylic acids is 6. The fourth-order valence-corrected chi connectivity index (χ4v) is 7.82. The maximum atomic E-state index is 14.8. The summed E-state index contributed by atoms with van der Waals surface area (Å²) in [7, 11) is 0. The quantitative estimate of drug-likeness (QED) is 0.188. The van der Waals surface area contributed by atoms with E-state index in [0.29, 0.717) is 25.7 Å². The summed E-state index contributed by atoms with van der Waals surface area (Å²) in [5, 5.41) is 8.51. The van der Waals surface area contributed by atoms with Crippen molar-refractivity contribution in [3.8, 4) is 0 Å². The van der Waals surface area contributed by atoms with Gasteiger partial charge in [0.25, 0.3) is 5.91 Å². The molecule has 2 saturated carbocycles. The summed E-state index contributed by atoms with van der Waals surface area (Å²) < 4.78 is 11.9. The van der Waals surface area contributed by atoms with E-state index in [1.165, 1.54) is 4.90 Å². The number of esters is 1. The number of primary amides is 1. The van der Waals surface area contributed by atoms with Gasteiger partial charge in [-0.2, -0.15) is 0 Å². The third-order valence-corrected chi connectivity index (χ3v) is 10.5. The maximum absolute atomic E-state index is 14.8. The molecule has 2 unspecified atom stereocenters. The van der Waals surface area contributed by atoms with Gasteiger partial charge in [0.2, 0.25) is 17.6 Å². The van der Waals surface area contributed by atoms with Crippen LogP contribution in [-0.4, -0.2) is 88.4 Å². The minimum absolute atomic E-state index is 0.125. The number of nitrogens with zero attached hydrogens (tertiary/aromatic N) is 1. The maximum Gasteiger partial charge on any atom is 0.329 e. The molecule has 0 aromatic heterocycles. The van der Waals surface area contributed by atoms with Crippen LogP contribution in [0.15, 0.2) is 0 Å². The van der Waals surface area contributed by atoms with Crippen LogP contribution < -0.4 is 21.7 Å². The van der Waals surface area contributed by atoms with Crippen LogP contribution in [0.3, 0.4) is 0 Å². The first-order valence-electron chi connectivity index (χ1n) is 17.9. The first-order valence-corrected chi connectivity index (χ1v) is 17.9. The van der Waals surface area contributed by atoms with Gasteiger partial charge in [-0.25, -0.2) is 9.59 Å². The zero-order valence-corrected chi connectivity index (χ0v) is 30.9. The Balaban J connectivity index is 1.64. The highest BCUT2D eigenvalue weighted by molar-refractivity contribution is 6.37. The molecule has 13 nitrogen and oxygen atoms in total. The molecule has 2 aliphatic carbocycles. The summed E-state index contributed by atoms with van der Waals surface area (Å²) in [5.41, 5.74) is 2.71. The second kappa shape index (κ2) is 14.2. The van der Waals surface area contributed by atoms with Gasteiger partial charge in [0.1, 0.15) is 23.7 Å². The molecule has 2 heterocycles. The van der Waals surface area contributed by atoms with E-state index in [4.69, 9.17) is 15.2 Å². The number of nitrogens with one attached hydrogen (secondary N) is 3. The molecule has 49 heavy (non-hydrogen) atoms. The zero-order chi connectivity index (χ0) is 36.7. The molecule has 0 bridgehead atoms. The van der Waals surface area contributed by atoms with Crippen molar-refractivity contribution in [1.82, 2.24) is 20.9 Å². The van der Waals surface area contributed by atoms with Crippen LogP contribution in [0.4, 0.5) is 4.79 Å². The number of hydrogen-bond acceptors (Lipinski definition) is 8. The van der Waals surface area contributed by atoms with E-state index in [-0.39, 0.29) is 18.4 Å². The van der Waals surface area contributed by atoms with Gasteiger partial charge >= 0.3 is 12.0 Å². The van der Waals surface area contributed by atoms with E-state index in [1.807, 2.05) is 41.5 Å². The van der Waals surface area contributed by atoms with Crippen LogP contribution in [-0.2, 0) is 33.4 Å². The molecule has 0 aromatic carbocycles. The summed E-state index contributed by atoms with van der Waals surface area (Å²) in [6, 6.07) is -4.80. The van der Waals surface area contributed by atoms with Crippen molar-refractivity contribution in [1.29, 1.82) is 0 Å². The normalized spacial score (nSPS) is 26.5. The lowest BCUT2D eigenvalue weighted by atomic mass is 9.70. The fraction of sp³-hybridized carbons (Fsp3) is 0.833. The molecule has 13 heteroatoms. The summed E-state index contributed by atoms with van der Waals surface area (Å²) in [4.78, 5) is 82.2. The number of urea groups is 1. The standard InChI is InChI=1S/C36H59N5O8/c1-33(2,3)27(31(46)49-34(4,5)6)40-32(47)39-26(36(9)15-11-10-12-16-36)30(45)41-19-23-21(18-35(7,8)48-23)24(41)29(44)38-22(17-20-13-14-20)25(42)28(37)43/h20-24,26-27H,10-19H2,1-9H3,(H2,37,43)(H,38,44)(H2,39,40,47)/t21-,22?,23-,24?,26+,27+/m0/s1. The highest BCUT2D eigenvalue weighted by Gasteiger charge is 2.57. The lowest BCUT2D eigenvalue weighted by Crippen LogP contribution is -2.63. The number of ketones is 1. The largest absolute Gasteiger partial charge is 0.458 e. The number of Topliss-reactive ketones (excluding diaryl/α,β-unsaturated/α-hetero) is 1. The van der Waals surface area contributed by atoms with Gasteiger partial charge in [0, 0.05) is 12.5 Å². The topological polar surface area (TPSA) is 186 Å². The summed E-state index contributed by atoms with van der Waals surface area (Å²) in [5.74, 6) is -3.69. The Morgan fingerprint density at radius 3 is 2.06 bits per heavy atom. The molecule has 0 spiro atoms. The average Bonchev–Trinajstić information content (AvgIpc) is 3.64. The number of amides is 5. The van der Waals surface area contributed by atoms with Gasteiger partial charge in [0.15, 0.2) is 0 Å². The summed E-state index contributed by atoms with van der Waals surface area (Å²) in [6.45, 7) is 16.7. The molecule has 276 valence electrons. The highest BCUT2D eigenvalue weighted by Crippen LogP contribution is 2.45. The second-order valence-corrected chi connectivity index (χ2v) is 17.8. The van der Waals surface area contributed by atoms with Gasteiger partial charge in [0.05, 0.1) is 17.7 Å². The Morgan fingerprint density at radius 1 is 0.918 bits per heavy atom. The van der Waals surface area contributed by atoms with Crippen molar-refractivity contribution in [3.05, 3.63) is 0 Å². The Hall–Kier alpha value is -3.22. The lowest BCUT2D eigenvalue weighted by molar-refractivity contribution is -0.160. The third kappa shape index (κ3) is 9.52. The molecular formula is C36H59N5O8. The molecule has 2 saturated heterocycles. The van der Waals surface area contributed by atoms with E-state index in [9.17, 15) is 28.8 Å². The lowest BCUT2D eigenvalue weighted by Gasteiger charge is -2.43. The van der Waals surface area contributed by atoms with Crippen molar-refractivity contribution < 1.29 is 38.2 Å². The zero-order valence-electron chi connectivity index (χ0n) is 30.9. The molecule has 0 aromatic rings. The fourth-order valence-electron chi connectivity index (χ4n) is 7.82. The molecule has 4 fully saturated rings. The third-order valence-electron chi connectivity index (χ3n) is 10.5. The van der Waals surface area contributed by atoms with E-state index in [0.717, 1.165) is 32.1 Å². The number of rotatable bonds is 11. The van der Waals surface area contributed by atoms with Crippen molar-refractivity contribution in [3.63, 3.8) is 0 Å². The van der Waals surface area contributed by atoms with Crippen molar-refractivity contribution in [2.24, 2.45) is 28.4 Å². The van der Waals surface area contributed by atoms with Crippen LogP contribution >= 0.6 is 0 Å². The number of hydrogen-bond donors (Lipinski definition) is 4. The first kappa shape index (κ1) is 38.6. The number of carbonyl (C=O) groups is 6. The minimum atomic E-state index is -1.12. The molecular weight excluding hydrogens is 630 g/mol. The van der Waals surface area contributed by atoms with E-state index in [2.05, 4.69) is 16.0 Å². The molecule has 2 aliphatic heterocycles. The predicted octanol–water partition coefficient (Wildman–Crippen LogP) is 3.11. The van der Waals surface area contributed by atoms with Crippen molar-refractivity contribution in [2.45, 2.75) is 162 Å². The van der Waals surface area contributed by atoms with E-state index >= 15 is 0 Å². The summed E-state index contributed by atoms with van der Waals surface area (Å²) in [6.07, 6.45) is 6.27. The molecule has 0 radical (unpaired) electrons. The van der Waals surface area contributed by atoms with E-state index in [1.54, 1.807) is 20.8 Å². The highest BCUT2D eigenvalue weighted by atomic mass is 16.6. The Morgan fingerprint density at radius 2 is 1.53 bits per heavy atom. The van der Waals surface area contributed by atoms with Gasteiger partial charge < -0.3 is 36.1 Å². The van der Waals surface area contributed by atoms with Crippen LogP contribution in [0.5, 0.6) is 0 Å².